The summed E-state index contributed by atoms with van der Waals surface area (Å²) in [4.78, 5) is 15.5. The van der Waals surface area contributed by atoms with Gasteiger partial charge in [0, 0.05) is 31.9 Å². The van der Waals surface area contributed by atoms with Crippen LogP contribution in [0.15, 0.2) is 66.9 Å². The number of carbonyl (C=O) groups excluding carboxylic acids is 1. The summed E-state index contributed by atoms with van der Waals surface area (Å²) in [6.45, 7) is 2.60. The quantitative estimate of drug-likeness (QED) is 0.689. The zero-order valence-corrected chi connectivity index (χ0v) is 16.3. The third kappa shape index (κ3) is 3.23. The standard InChI is InChI=1S/C23H24N4O2/c28-22(23(11-13-29-14-12-23)19-9-5-2-6-10-19)26-15-20(16-26)27-17-21(24-25-27)18-7-3-1-4-8-18/h1-10,17,20H,11-16H2. The summed E-state index contributed by atoms with van der Waals surface area (Å²) < 4.78 is 7.46. The molecule has 2 aromatic carbocycles. The average molecular weight is 388 g/mol. The number of amides is 1. The van der Waals surface area contributed by atoms with Gasteiger partial charge >= 0.3 is 0 Å². The van der Waals surface area contributed by atoms with Gasteiger partial charge in [0.1, 0.15) is 5.69 Å². The summed E-state index contributed by atoms with van der Waals surface area (Å²) in [6.07, 6.45) is 3.44. The Kier molecular flexibility index (Phi) is 4.64. The molecule has 2 saturated heterocycles. The van der Waals surface area contributed by atoms with Crippen LogP contribution in [0.5, 0.6) is 0 Å². The van der Waals surface area contributed by atoms with Gasteiger partial charge in [-0.15, -0.1) is 5.10 Å². The molecule has 5 rings (SSSR count). The van der Waals surface area contributed by atoms with Crippen molar-refractivity contribution < 1.29 is 9.53 Å². The van der Waals surface area contributed by atoms with E-state index in [1.807, 2.05) is 64.3 Å². The van der Waals surface area contributed by atoms with Crippen LogP contribution in [0.2, 0.25) is 0 Å². The SMILES string of the molecule is O=C(N1CC(n2cc(-c3ccccc3)nn2)C1)C1(c2ccccc2)CCOCC1. The third-order valence-electron chi connectivity index (χ3n) is 6.19. The maximum Gasteiger partial charge on any atom is 0.233 e. The number of hydrogen-bond acceptors (Lipinski definition) is 4. The lowest BCUT2D eigenvalue weighted by molar-refractivity contribution is -0.147. The van der Waals surface area contributed by atoms with Crippen molar-refractivity contribution in [2.24, 2.45) is 0 Å². The van der Waals surface area contributed by atoms with Crippen LogP contribution < -0.4 is 0 Å². The second-order valence-electron chi connectivity index (χ2n) is 7.87. The number of benzene rings is 2. The minimum Gasteiger partial charge on any atom is -0.381 e. The molecule has 0 aliphatic carbocycles. The number of ether oxygens (including phenoxy) is 1. The first-order chi connectivity index (χ1) is 14.3. The van der Waals surface area contributed by atoms with Crippen molar-refractivity contribution >= 4 is 5.91 Å². The molecule has 1 amide bonds. The van der Waals surface area contributed by atoms with Crippen molar-refractivity contribution in [3.8, 4) is 11.3 Å². The van der Waals surface area contributed by atoms with E-state index in [2.05, 4.69) is 22.4 Å². The minimum atomic E-state index is -0.470. The molecule has 6 nitrogen and oxygen atoms in total. The van der Waals surface area contributed by atoms with E-state index in [4.69, 9.17) is 4.74 Å². The van der Waals surface area contributed by atoms with Gasteiger partial charge in [-0.2, -0.15) is 0 Å². The average Bonchev–Trinajstić information content (AvgIpc) is 3.24. The highest BCUT2D eigenvalue weighted by molar-refractivity contribution is 5.89. The second kappa shape index (κ2) is 7.44. The molecule has 29 heavy (non-hydrogen) atoms. The van der Waals surface area contributed by atoms with Gasteiger partial charge in [-0.25, -0.2) is 4.68 Å². The van der Waals surface area contributed by atoms with E-state index in [1.54, 1.807) is 0 Å². The number of carbonyl (C=O) groups is 1. The lowest BCUT2D eigenvalue weighted by Gasteiger charge is -2.46. The van der Waals surface area contributed by atoms with Crippen LogP contribution in [0, 0.1) is 0 Å². The maximum absolute atomic E-state index is 13.5. The van der Waals surface area contributed by atoms with Gasteiger partial charge in [0.2, 0.25) is 5.91 Å². The van der Waals surface area contributed by atoms with E-state index in [9.17, 15) is 4.79 Å². The number of rotatable bonds is 4. The van der Waals surface area contributed by atoms with Crippen LogP contribution in [0.4, 0.5) is 0 Å². The van der Waals surface area contributed by atoms with Gasteiger partial charge in [-0.1, -0.05) is 65.9 Å². The predicted molar refractivity (Wildman–Crippen MR) is 109 cm³/mol. The van der Waals surface area contributed by atoms with Crippen molar-refractivity contribution in [3.05, 3.63) is 72.4 Å². The van der Waals surface area contributed by atoms with Crippen LogP contribution in [0.3, 0.4) is 0 Å². The van der Waals surface area contributed by atoms with E-state index < -0.39 is 5.41 Å². The Morgan fingerprint density at radius 2 is 1.62 bits per heavy atom. The van der Waals surface area contributed by atoms with Crippen LogP contribution >= 0.6 is 0 Å². The Morgan fingerprint density at radius 3 is 2.31 bits per heavy atom. The Hall–Kier alpha value is -2.99. The molecular weight excluding hydrogens is 364 g/mol. The highest BCUT2D eigenvalue weighted by atomic mass is 16.5. The van der Waals surface area contributed by atoms with Gasteiger partial charge in [-0.05, 0) is 18.4 Å². The zero-order valence-electron chi connectivity index (χ0n) is 16.3. The fourth-order valence-corrected chi connectivity index (χ4v) is 4.39. The van der Waals surface area contributed by atoms with Crippen molar-refractivity contribution in [2.45, 2.75) is 24.3 Å². The first-order valence-corrected chi connectivity index (χ1v) is 10.2. The molecule has 0 bridgehead atoms. The first-order valence-electron chi connectivity index (χ1n) is 10.2. The Bertz CT molecular complexity index is 974. The third-order valence-corrected chi connectivity index (χ3v) is 6.19. The Morgan fingerprint density at radius 1 is 0.966 bits per heavy atom. The molecule has 2 aliphatic heterocycles. The van der Waals surface area contributed by atoms with Crippen LogP contribution in [-0.4, -0.2) is 52.1 Å². The molecular formula is C23H24N4O2. The highest BCUT2D eigenvalue weighted by Crippen LogP contribution is 2.39. The van der Waals surface area contributed by atoms with Crippen LogP contribution in [0.1, 0.15) is 24.4 Å². The first kappa shape index (κ1) is 18.1. The summed E-state index contributed by atoms with van der Waals surface area (Å²) in [5, 5.41) is 8.61. The molecule has 0 radical (unpaired) electrons. The maximum atomic E-state index is 13.5. The lowest BCUT2D eigenvalue weighted by atomic mass is 9.72. The molecule has 2 aliphatic rings. The van der Waals surface area contributed by atoms with Gasteiger partial charge in [-0.3, -0.25) is 4.79 Å². The number of aromatic nitrogens is 3. The molecule has 1 aromatic heterocycles. The number of hydrogen-bond donors (Lipinski definition) is 0. The predicted octanol–water partition coefficient (Wildman–Crippen LogP) is 3.08. The molecule has 6 heteroatoms. The summed E-state index contributed by atoms with van der Waals surface area (Å²) in [5.74, 6) is 0.214. The second-order valence-corrected chi connectivity index (χ2v) is 7.87. The summed E-state index contributed by atoms with van der Waals surface area (Å²) in [6, 6.07) is 20.4. The van der Waals surface area contributed by atoms with Crippen molar-refractivity contribution in [3.63, 3.8) is 0 Å². The summed E-state index contributed by atoms with van der Waals surface area (Å²) in [7, 11) is 0. The summed E-state index contributed by atoms with van der Waals surface area (Å²) >= 11 is 0. The topological polar surface area (TPSA) is 60.2 Å². The molecule has 2 fully saturated rings. The highest BCUT2D eigenvalue weighted by Gasteiger charge is 2.47. The molecule has 3 heterocycles. The molecule has 3 aromatic rings. The van der Waals surface area contributed by atoms with Gasteiger partial charge < -0.3 is 9.64 Å². The Labute approximate surface area is 170 Å². The molecule has 0 atom stereocenters. The van der Waals surface area contributed by atoms with Gasteiger partial charge in [0.15, 0.2) is 0 Å². The molecule has 0 saturated carbocycles. The van der Waals surface area contributed by atoms with Gasteiger partial charge in [0.05, 0.1) is 17.7 Å². The largest absolute Gasteiger partial charge is 0.381 e. The number of likely N-dealkylation sites (tertiary alicyclic amines) is 1. The minimum absolute atomic E-state index is 0.177. The smallest absolute Gasteiger partial charge is 0.233 e. The van der Waals surface area contributed by atoms with Crippen LogP contribution in [-0.2, 0) is 14.9 Å². The summed E-state index contributed by atoms with van der Waals surface area (Å²) in [5.41, 5.74) is 2.54. The van der Waals surface area contributed by atoms with E-state index in [0.717, 1.165) is 29.7 Å². The van der Waals surface area contributed by atoms with Crippen LogP contribution in [0.25, 0.3) is 11.3 Å². The van der Waals surface area contributed by atoms with Gasteiger partial charge in [0.25, 0.3) is 0 Å². The molecule has 0 N–H and O–H groups in total. The normalized spacial score (nSPS) is 19.0. The fraction of sp³-hybridized carbons (Fsp3) is 0.348. The zero-order chi connectivity index (χ0) is 19.7. The number of nitrogens with zero attached hydrogens (tertiary/aromatic N) is 4. The van der Waals surface area contributed by atoms with E-state index in [1.165, 1.54) is 0 Å². The monoisotopic (exact) mass is 388 g/mol. The van der Waals surface area contributed by atoms with E-state index in [0.29, 0.717) is 26.3 Å². The van der Waals surface area contributed by atoms with Crippen molar-refractivity contribution in [1.29, 1.82) is 0 Å². The Balaban J connectivity index is 1.31. The van der Waals surface area contributed by atoms with E-state index in [-0.39, 0.29) is 11.9 Å². The molecule has 148 valence electrons. The van der Waals surface area contributed by atoms with Crippen molar-refractivity contribution in [1.82, 2.24) is 19.9 Å². The van der Waals surface area contributed by atoms with Crippen molar-refractivity contribution in [2.75, 3.05) is 26.3 Å². The fourth-order valence-electron chi connectivity index (χ4n) is 4.39. The molecule has 0 spiro atoms. The molecule has 0 unspecified atom stereocenters. The van der Waals surface area contributed by atoms with E-state index >= 15 is 0 Å². The lowest BCUT2D eigenvalue weighted by Crippen LogP contribution is -2.58.